The van der Waals surface area contributed by atoms with Crippen LogP contribution >= 0.6 is 23.2 Å². The Morgan fingerprint density at radius 1 is 0.947 bits per heavy atom. The lowest BCUT2D eigenvalue weighted by atomic mass is 10.0. The third-order valence-electron chi connectivity index (χ3n) is 5.37. The van der Waals surface area contributed by atoms with Crippen molar-refractivity contribution in [2.45, 2.75) is 6.18 Å². The molecule has 0 aliphatic heterocycles. The Morgan fingerprint density at radius 2 is 1.68 bits per heavy atom. The predicted molar refractivity (Wildman–Crippen MR) is 137 cm³/mol. The minimum Gasteiger partial charge on any atom is -0.493 e. The number of anilines is 1. The highest BCUT2D eigenvalue weighted by Gasteiger charge is 2.39. The summed E-state index contributed by atoms with van der Waals surface area (Å²) in [6, 6.07) is 12.1. The van der Waals surface area contributed by atoms with Gasteiger partial charge in [-0.1, -0.05) is 29.3 Å². The van der Waals surface area contributed by atoms with Crippen LogP contribution in [0.25, 0.3) is 22.1 Å². The van der Waals surface area contributed by atoms with Gasteiger partial charge in [-0.2, -0.15) is 13.2 Å². The fourth-order valence-corrected chi connectivity index (χ4v) is 3.93. The molecule has 7 nitrogen and oxygen atoms in total. The van der Waals surface area contributed by atoms with Crippen molar-refractivity contribution in [2.75, 3.05) is 26.1 Å². The van der Waals surface area contributed by atoms with Crippen molar-refractivity contribution >= 4 is 45.8 Å². The SMILES string of the molecule is COc1ccc(-c2c(C(F)(F)F)oc3cc(OCC(=O)Nc4ccc(Cl)c(Cl)c4)ccc3c2=O)cc1OC. The van der Waals surface area contributed by atoms with E-state index in [1.165, 1.54) is 62.8 Å². The summed E-state index contributed by atoms with van der Waals surface area (Å²) in [7, 11) is 2.70. The maximum absolute atomic E-state index is 14.0. The minimum absolute atomic E-state index is 0.0110. The van der Waals surface area contributed by atoms with Gasteiger partial charge in [0.2, 0.25) is 11.2 Å². The number of carbonyl (C=O) groups is 1. The number of benzene rings is 3. The largest absolute Gasteiger partial charge is 0.493 e. The average molecular weight is 568 g/mol. The van der Waals surface area contributed by atoms with Gasteiger partial charge in [0.05, 0.1) is 35.2 Å². The molecule has 0 spiro atoms. The lowest BCUT2D eigenvalue weighted by Gasteiger charge is -2.15. The molecule has 3 aromatic carbocycles. The van der Waals surface area contributed by atoms with Gasteiger partial charge < -0.3 is 23.9 Å². The van der Waals surface area contributed by atoms with Crippen LogP contribution in [0.4, 0.5) is 18.9 Å². The summed E-state index contributed by atoms with van der Waals surface area (Å²) in [5.74, 6) is -1.63. The molecule has 0 aliphatic carbocycles. The second kappa shape index (κ2) is 10.8. The van der Waals surface area contributed by atoms with Crippen molar-refractivity contribution in [3.05, 3.63) is 80.6 Å². The average Bonchev–Trinajstić information content (AvgIpc) is 2.88. The van der Waals surface area contributed by atoms with Gasteiger partial charge in [-0.15, -0.1) is 0 Å². The lowest BCUT2D eigenvalue weighted by molar-refractivity contribution is -0.152. The van der Waals surface area contributed by atoms with E-state index in [4.69, 9.17) is 41.8 Å². The fraction of sp³-hybridized carbons (Fsp3) is 0.154. The zero-order chi connectivity index (χ0) is 27.6. The zero-order valence-electron chi connectivity index (χ0n) is 19.7. The van der Waals surface area contributed by atoms with Crippen molar-refractivity contribution in [3.63, 3.8) is 0 Å². The molecule has 0 unspecified atom stereocenters. The van der Waals surface area contributed by atoms with E-state index in [-0.39, 0.29) is 38.8 Å². The molecule has 198 valence electrons. The highest BCUT2D eigenvalue weighted by molar-refractivity contribution is 6.42. The van der Waals surface area contributed by atoms with Gasteiger partial charge in [0, 0.05) is 11.8 Å². The first kappa shape index (κ1) is 27.2. The number of carbonyl (C=O) groups excluding carboxylic acids is 1. The first-order valence-corrected chi connectivity index (χ1v) is 11.6. The molecule has 4 aromatic rings. The summed E-state index contributed by atoms with van der Waals surface area (Å²) < 4.78 is 62.8. The zero-order valence-corrected chi connectivity index (χ0v) is 21.3. The Morgan fingerprint density at radius 3 is 2.34 bits per heavy atom. The topological polar surface area (TPSA) is 87.0 Å². The number of hydrogen-bond acceptors (Lipinski definition) is 6. The summed E-state index contributed by atoms with van der Waals surface area (Å²) in [5.41, 5.74) is -1.65. The van der Waals surface area contributed by atoms with Gasteiger partial charge in [-0.05, 0) is 48.0 Å². The molecule has 1 amide bonds. The number of methoxy groups -OCH3 is 2. The van der Waals surface area contributed by atoms with Crippen LogP contribution < -0.4 is 25.0 Å². The molecule has 1 N–H and O–H groups in total. The molecule has 1 heterocycles. The maximum Gasteiger partial charge on any atom is 0.450 e. The van der Waals surface area contributed by atoms with Gasteiger partial charge in [-0.3, -0.25) is 9.59 Å². The normalized spacial score (nSPS) is 11.3. The van der Waals surface area contributed by atoms with Crippen molar-refractivity contribution in [1.29, 1.82) is 0 Å². The Kier molecular flexibility index (Phi) is 7.75. The Balaban J connectivity index is 1.66. The summed E-state index contributed by atoms with van der Waals surface area (Å²) >= 11 is 11.8. The van der Waals surface area contributed by atoms with Crippen molar-refractivity contribution in [1.82, 2.24) is 0 Å². The van der Waals surface area contributed by atoms with Crippen molar-refractivity contribution < 1.29 is 36.6 Å². The van der Waals surface area contributed by atoms with Crippen LogP contribution in [0.15, 0.2) is 63.8 Å². The monoisotopic (exact) mass is 567 g/mol. The molecule has 0 radical (unpaired) electrons. The molecular weight excluding hydrogens is 550 g/mol. The van der Waals surface area contributed by atoms with Crippen LogP contribution in [-0.2, 0) is 11.0 Å². The minimum atomic E-state index is -4.99. The predicted octanol–water partition coefficient (Wildman–Crippen LogP) is 6.82. The summed E-state index contributed by atoms with van der Waals surface area (Å²) in [6.45, 7) is -0.480. The van der Waals surface area contributed by atoms with Crippen molar-refractivity contribution in [2.24, 2.45) is 0 Å². The molecule has 0 fully saturated rings. The third kappa shape index (κ3) is 5.66. The van der Waals surface area contributed by atoms with Gasteiger partial charge in [-0.25, -0.2) is 0 Å². The lowest BCUT2D eigenvalue weighted by Crippen LogP contribution is -2.20. The van der Waals surface area contributed by atoms with E-state index in [2.05, 4.69) is 5.32 Å². The van der Waals surface area contributed by atoms with Crippen LogP contribution in [0.2, 0.25) is 10.0 Å². The Hall–Kier alpha value is -3.89. The van der Waals surface area contributed by atoms with Gasteiger partial charge in [0.25, 0.3) is 5.91 Å². The number of nitrogens with one attached hydrogen (secondary N) is 1. The van der Waals surface area contributed by atoms with Crippen LogP contribution in [-0.4, -0.2) is 26.7 Å². The summed E-state index contributed by atoms with van der Waals surface area (Å²) in [5, 5.41) is 2.98. The Labute approximate surface area is 223 Å². The summed E-state index contributed by atoms with van der Waals surface area (Å²) in [6.07, 6.45) is -4.99. The van der Waals surface area contributed by atoms with Crippen LogP contribution in [0.1, 0.15) is 5.76 Å². The van der Waals surface area contributed by atoms with Crippen LogP contribution in [0.5, 0.6) is 17.2 Å². The number of ether oxygens (including phenoxy) is 3. The van der Waals surface area contributed by atoms with E-state index < -0.39 is 35.4 Å². The van der Waals surface area contributed by atoms with Crippen molar-refractivity contribution in [3.8, 4) is 28.4 Å². The highest BCUT2D eigenvalue weighted by atomic mass is 35.5. The number of hydrogen-bond donors (Lipinski definition) is 1. The number of halogens is 5. The quantitative estimate of drug-likeness (QED) is 0.263. The molecular formula is C26H18Cl2F3NO6. The number of amides is 1. The second-order valence-electron chi connectivity index (χ2n) is 7.83. The first-order valence-electron chi connectivity index (χ1n) is 10.8. The maximum atomic E-state index is 14.0. The van der Waals surface area contributed by atoms with Crippen LogP contribution in [0, 0.1) is 0 Å². The highest BCUT2D eigenvalue weighted by Crippen LogP contribution is 2.40. The Bertz CT molecular complexity index is 1590. The standard InChI is InChI=1S/C26H18Cl2F3NO6/c1-35-19-8-3-13(9-21(19)36-2)23-24(34)16-6-5-15(11-20(16)38-25(23)26(29,30)31)37-12-22(33)32-14-4-7-17(27)18(28)10-14/h3-11H,12H2,1-2H3,(H,32,33). The number of rotatable bonds is 7. The molecule has 0 bridgehead atoms. The summed E-state index contributed by atoms with van der Waals surface area (Å²) in [4.78, 5) is 25.5. The van der Waals surface area contributed by atoms with Crippen LogP contribution in [0.3, 0.4) is 0 Å². The molecule has 12 heteroatoms. The van der Waals surface area contributed by atoms with E-state index in [1.807, 2.05) is 0 Å². The van der Waals surface area contributed by atoms with Gasteiger partial charge >= 0.3 is 6.18 Å². The molecule has 1 aromatic heterocycles. The number of fused-ring (bicyclic) bond motifs is 1. The first-order chi connectivity index (χ1) is 18.0. The van der Waals surface area contributed by atoms with E-state index in [1.54, 1.807) is 0 Å². The number of alkyl halides is 3. The molecule has 38 heavy (non-hydrogen) atoms. The molecule has 0 saturated heterocycles. The van der Waals surface area contributed by atoms with E-state index >= 15 is 0 Å². The van der Waals surface area contributed by atoms with Gasteiger partial charge in [0.15, 0.2) is 18.1 Å². The van der Waals surface area contributed by atoms with E-state index in [9.17, 15) is 22.8 Å². The molecule has 4 rings (SSSR count). The van der Waals surface area contributed by atoms with E-state index in [0.29, 0.717) is 10.7 Å². The molecule has 0 atom stereocenters. The third-order valence-corrected chi connectivity index (χ3v) is 6.11. The smallest absolute Gasteiger partial charge is 0.450 e. The molecule has 0 saturated carbocycles. The molecule has 0 aliphatic rings. The van der Waals surface area contributed by atoms with E-state index in [0.717, 1.165) is 6.07 Å². The second-order valence-corrected chi connectivity index (χ2v) is 8.64. The fourth-order valence-electron chi connectivity index (χ4n) is 3.64. The van der Waals surface area contributed by atoms with Gasteiger partial charge in [0.1, 0.15) is 11.3 Å².